The number of carbonyl (C=O) groups is 1. The van der Waals surface area contributed by atoms with Gasteiger partial charge in [0.05, 0.1) is 5.92 Å². The summed E-state index contributed by atoms with van der Waals surface area (Å²) in [5.74, 6) is -0.772. The maximum Gasteiger partial charge on any atom is 0.230 e. The van der Waals surface area contributed by atoms with Gasteiger partial charge in [-0.3, -0.25) is 4.79 Å². The number of rotatable bonds is 3. The average Bonchev–Trinajstić information content (AvgIpc) is 2.96. The number of nitrogens with zero attached hydrogens (tertiary/aromatic N) is 1. The van der Waals surface area contributed by atoms with Crippen molar-refractivity contribution in [3.63, 3.8) is 0 Å². The largest absolute Gasteiger partial charge is 0.340 e. The van der Waals surface area contributed by atoms with E-state index in [1.54, 1.807) is 30.0 Å². The lowest BCUT2D eigenvalue weighted by molar-refractivity contribution is -0.131. The van der Waals surface area contributed by atoms with Crippen LogP contribution in [0, 0.1) is 5.82 Å². The third kappa shape index (κ3) is 3.13. The molecule has 1 aliphatic heterocycles. The van der Waals surface area contributed by atoms with Crippen molar-refractivity contribution in [2.75, 3.05) is 13.1 Å². The van der Waals surface area contributed by atoms with Crippen LogP contribution in [-0.2, 0) is 4.79 Å². The molecule has 23 heavy (non-hydrogen) atoms. The van der Waals surface area contributed by atoms with Crippen LogP contribution in [0.25, 0.3) is 0 Å². The van der Waals surface area contributed by atoms with Crippen molar-refractivity contribution in [2.45, 2.75) is 24.8 Å². The molecule has 4 heteroatoms. The van der Waals surface area contributed by atoms with Gasteiger partial charge in [0.2, 0.25) is 5.91 Å². The van der Waals surface area contributed by atoms with Crippen LogP contribution in [-0.4, -0.2) is 29.9 Å². The fourth-order valence-corrected chi connectivity index (χ4v) is 3.30. The van der Waals surface area contributed by atoms with Gasteiger partial charge in [-0.15, -0.1) is 0 Å². The van der Waals surface area contributed by atoms with Crippen molar-refractivity contribution in [1.29, 1.82) is 0 Å². The van der Waals surface area contributed by atoms with Crippen LogP contribution in [0.3, 0.4) is 0 Å². The minimum atomic E-state index is -0.502. The average molecular weight is 312 g/mol. The monoisotopic (exact) mass is 312 g/mol. The molecule has 3 atom stereocenters. The molecule has 1 saturated heterocycles. The Morgan fingerprint density at radius 2 is 1.78 bits per heavy atom. The van der Waals surface area contributed by atoms with E-state index in [0.29, 0.717) is 18.7 Å². The summed E-state index contributed by atoms with van der Waals surface area (Å²) < 4.78 is 13.9. The molecule has 1 fully saturated rings. The second-order valence-electron chi connectivity index (χ2n) is 6.17. The lowest BCUT2D eigenvalue weighted by Crippen LogP contribution is -2.34. The van der Waals surface area contributed by atoms with Crippen LogP contribution in [0.4, 0.5) is 4.39 Å². The van der Waals surface area contributed by atoms with Crippen molar-refractivity contribution in [2.24, 2.45) is 5.73 Å². The number of carbonyl (C=O) groups excluding carboxylic acids is 1. The maximum atomic E-state index is 13.9. The highest BCUT2D eigenvalue weighted by Crippen LogP contribution is 2.29. The molecule has 0 bridgehead atoms. The Morgan fingerprint density at radius 1 is 1.13 bits per heavy atom. The Hall–Kier alpha value is -2.20. The van der Waals surface area contributed by atoms with Crippen LogP contribution in [0.2, 0.25) is 0 Å². The molecule has 1 heterocycles. The van der Waals surface area contributed by atoms with Gasteiger partial charge in [-0.25, -0.2) is 4.39 Å². The molecule has 2 N–H and O–H groups in total. The second kappa shape index (κ2) is 6.50. The van der Waals surface area contributed by atoms with E-state index in [9.17, 15) is 9.18 Å². The molecule has 2 aromatic carbocycles. The molecule has 1 aliphatic rings. The van der Waals surface area contributed by atoms with E-state index in [4.69, 9.17) is 5.73 Å². The summed E-state index contributed by atoms with van der Waals surface area (Å²) in [6.45, 7) is 2.85. The summed E-state index contributed by atoms with van der Waals surface area (Å²) in [6.07, 6.45) is 0. The molecular weight excluding hydrogens is 291 g/mol. The molecule has 3 rings (SSSR count). The molecule has 0 spiro atoms. The SMILES string of the molecule is CC(C(=O)N1C[C@@H](N)[C@H](c2ccccc2)C1)c1ccccc1F. The molecule has 3 nitrogen and oxygen atoms in total. The Labute approximate surface area is 135 Å². The quantitative estimate of drug-likeness (QED) is 0.947. The minimum absolute atomic E-state index is 0.0658. The van der Waals surface area contributed by atoms with E-state index in [1.165, 1.54) is 6.07 Å². The molecule has 0 aromatic heterocycles. The first kappa shape index (κ1) is 15.7. The van der Waals surface area contributed by atoms with Crippen molar-refractivity contribution in [3.8, 4) is 0 Å². The predicted octanol–water partition coefficient (Wildman–Crippen LogP) is 2.88. The van der Waals surface area contributed by atoms with E-state index < -0.39 is 5.92 Å². The van der Waals surface area contributed by atoms with Gasteiger partial charge in [-0.1, -0.05) is 48.5 Å². The summed E-state index contributed by atoms with van der Waals surface area (Å²) in [5.41, 5.74) is 7.83. The molecule has 0 aliphatic carbocycles. The number of amides is 1. The highest BCUT2D eigenvalue weighted by Gasteiger charge is 2.36. The van der Waals surface area contributed by atoms with E-state index in [1.807, 2.05) is 30.3 Å². The topological polar surface area (TPSA) is 46.3 Å². The molecule has 1 amide bonds. The number of hydrogen-bond donors (Lipinski definition) is 1. The lowest BCUT2D eigenvalue weighted by Gasteiger charge is -2.21. The second-order valence-corrected chi connectivity index (χ2v) is 6.17. The zero-order valence-electron chi connectivity index (χ0n) is 13.2. The van der Waals surface area contributed by atoms with Gasteiger partial charge in [0.25, 0.3) is 0 Å². The zero-order valence-corrected chi connectivity index (χ0v) is 13.2. The van der Waals surface area contributed by atoms with Crippen LogP contribution in [0.5, 0.6) is 0 Å². The number of likely N-dealkylation sites (tertiary alicyclic amines) is 1. The highest BCUT2D eigenvalue weighted by molar-refractivity contribution is 5.83. The summed E-state index contributed by atoms with van der Waals surface area (Å²) >= 11 is 0. The fraction of sp³-hybridized carbons (Fsp3) is 0.316. The Kier molecular flexibility index (Phi) is 4.44. The molecule has 2 aromatic rings. The fourth-order valence-electron chi connectivity index (χ4n) is 3.30. The predicted molar refractivity (Wildman–Crippen MR) is 88.6 cm³/mol. The maximum absolute atomic E-state index is 13.9. The highest BCUT2D eigenvalue weighted by atomic mass is 19.1. The van der Waals surface area contributed by atoms with E-state index in [2.05, 4.69) is 0 Å². The van der Waals surface area contributed by atoms with Gasteiger partial charge < -0.3 is 10.6 Å². The standard InChI is InChI=1S/C19H21FN2O/c1-13(15-9-5-6-10-17(15)20)19(23)22-11-16(18(21)12-22)14-7-3-2-4-8-14/h2-10,13,16,18H,11-12,21H2,1H3/t13?,16-,18+/m0/s1. The lowest BCUT2D eigenvalue weighted by atomic mass is 9.95. The molecule has 120 valence electrons. The first-order valence-corrected chi connectivity index (χ1v) is 7.91. The summed E-state index contributed by atoms with van der Waals surface area (Å²) in [4.78, 5) is 14.5. The van der Waals surface area contributed by atoms with Crippen molar-refractivity contribution in [1.82, 2.24) is 4.90 Å². The zero-order chi connectivity index (χ0) is 16.4. The smallest absolute Gasteiger partial charge is 0.230 e. The first-order chi connectivity index (χ1) is 11.1. The molecular formula is C19H21FN2O. The van der Waals surface area contributed by atoms with Gasteiger partial charge in [-0.2, -0.15) is 0 Å². The van der Waals surface area contributed by atoms with Gasteiger partial charge in [-0.05, 0) is 24.1 Å². The van der Waals surface area contributed by atoms with Crippen molar-refractivity contribution >= 4 is 5.91 Å². The summed E-state index contributed by atoms with van der Waals surface area (Å²) in [6, 6.07) is 16.4. The van der Waals surface area contributed by atoms with Crippen molar-refractivity contribution in [3.05, 3.63) is 71.5 Å². The Morgan fingerprint density at radius 3 is 2.48 bits per heavy atom. The van der Waals surface area contributed by atoms with Gasteiger partial charge in [0.15, 0.2) is 0 Å². The number of halogens is 1. The minimum Gasteiger partial charge on any atom is -0.340 e. The Balaban J connectivity index is 1.75. The summed E-state index contributed by atoms with van der Waals surface area (Å²) in [7, 11) is 0. The van der Waals surface area contributed by atoms with Gasteiger partial charge in [0.1, 0.15) is 5.82 Å². The number of nitrogens with two attached hydrogens (primary N) is 1. The first-order valence-electron chi connectivity index (χ1n) is 7.91. The van der Waals surface area contributed by atoms with Crippen LogP contribution < -0.4 is 5.73 Å². The normalized spacial score (nSPS) is 22.1. The van der Waals surface area contributed by atoms with Gasteiger partial charge >= 0.3 is 0 Å². The Bertz CT molecular complexity index is 689. The van der Waals surface area contributed by atoms with E-state index >= 15 is 0 Å². The van der Waals surface area contributed by atoms with Crippen LogP contribution >= 0.6 is 0 Å². The van der Waals surface area contributed by atoms with Crippen molar-refractivity contribution < 1.29 is 9.18 Å². The molecule has 0 saturated carbocycles. The van der Waals surface area contributed by atoms with Crippen LogP contribution in [0.1, 0.15) is 29.9 Å². The molecule has 1 unspecified atom stereocenters. The third-order valence-electron chi connectivity index (χ3n) is 4.65. The summed E-state index contributed by atoms with van der Waals surface area (Å²) in [5, 5.41) is 0. The third-order valence-corrected chi connectivity index (χ3v) is 4.65. The number of hydrogen-bond acceptors (Lipinski definition) is 2. The number of benzene rings is 2. The molecule has 0 radical (unpaired) electrons. The van der Waals surface area contributed by atoms with E-state index in [0.717, 1.165) is 5.56 Å². The van der Waals surface area contributed by atoms with E-state index in [-0.39, 0.29) is 23.7 Å². The van der Waals surface area contributed by atoms with Gasteiger partial charge in [0, 0.05) is 25.0 Å². The van der Waals surface area contributed by atoms with Crippen LogP contribution in [0.15, 0.2) is 54.6 Å².